The molecule has 0 saturated carbocycles. The normalized spacial score (nSPS) is 17.4. The van der Waals surface area contributed by atoms with E-state index in [1.54, 1.807) is 0 Å². The van der Waals surface area contributed by atoms with E-state index < -0.39 is 0 Å². The fourth-order valence-electron chi connectivity index (χ4n) is 2.36. The molecule has 1 fully saturated rings. The van der Waals surface area contributed by atoms with Crippen LogP contribution in [0.25, 0.3) is 0 Å². The van der Waals surface area contributed by atoms with Crippen LogP contribution in [0.3, 0.4) is 0 Å². The molecule has 0 spiro atoms. The maximum absolute atomic E-state index is 5.41. The lowest BCUT2D eigenvalue weighted by Gasteiger charge is -2.32. The summed E-state index contributed by atoms with van der Waals surface area (Å²) in [4.78, 5) is 4.59. The van der Waals surface area contributed by atoms with Gasteiger partial charge < -0.3 is 19.9 Å². The topological polar surface area (TPSA) is 27.7 Å². The first-order valence-corrected chi connectivity index (χ1v) is 7.79. The lowest BCUT2D eigenvalue weighted by Crippen LogP contribution is -2.42. The van der Waals surface area contributed by atoms with Gasteiger partial charge in [0.25, 0.3) is 0 Å². The smallest absolute Gasteiger partial charge is 0.168 e. The molecule has 1 aliphatic heterocycles. The summed E-state index contributed by atoms with van der Waals surface area (Å²) in [6.07, 6.45) is 3.58. The molecule has 0 aromatic heterocycles. The Kier molecular flexibility index (Phi) is 8.34. The molecule has 0 bridgehead atoms. The van der Waals surface area contributed by atoms with E-state index in [4.69, 9.17) is 17.0 Å². The third-order valence-corrected chi connectivity index (χ3v) is 4.12. The highest BCUT2D eigenvalue weighted by atomic mass is 32.1. The molecule has 1 rings (SSSR count). The predicted octanol–water partition coefficient (Wildman–Crippen LogP) is 1.56. The van der Waals surface area contributed by atoms with E-state index in [9.17, 15) is 0 Å². The minimum atomic E-state index is 0.782. The van der Waals surface area contributed by atoms with Crippen molar-refractivity contribution in [2.45, 2.75) is 26.2 Å². The first-order valence-electron chi connectivity index (χ1n) is 7.38. The monoisotopic (exact) mass is 287 g/mol. The summed E-state index contributed by atoms with van der Waals surface area (Å²) in [5, 5.41) is 4.18. The van der Waals surface area contributed by atoms with Crippen molar-refractivity contribution in [3.05, 3.63) is 0 Å². The summed E-state index contributed by atoms with van der Waals surface area (Å²) in [6.45, 7) is 8.03. The Morgan fingerprint density at radius 1 is 1.42 bits per heavy atom. The van der Waals surface area contributed by atoms with Gasteiger partial charge in [0.1, 0.15) is 0 Å². The average Bonchev–Trinajstić information content (AvgIpc) is 2.41. The maximum atomic E-state index is 5.41. The van der Waals surface area contributed by atoms with Gasteiger partial charge >= 0.3 is 0 Å². The fraction of sp³-hybridized carbons (Fsp3) is 0.929. The zero-order valence-corrected chi connectivity index (χ0v) is 13.5. The van der Waals surface area contributed by atoms with Crippen LogP contribution < -0.4 is 5.32 Å². The Bertz CT molecular complexity index is 255. The molecule has 0 unspecified atom stereocenters. The minimum absolute atomic E-state index is 0.782. The van der Waals surface area contributed by atoms with Crippen molar-refractivity contribution in [3.63, 3.8) is 0 Å². The van der Waals surface area contributed by atoms with E-state index in [1.807, 2.05) is 6.92 Å². The van der Waals surface area contributed by atoms with E-state index in [0.29, 0.717) is 0 Å². The fourth-order valence-corrected chi connectivity index (χ4v) is 2.54. The highest BCUT2D eigenvalue weighted by Crippen LogP contribution is 2.16. The van der Waals surface area contributed by atoms with Crippen LogP contribution in [0.2, 0.25) is 0 Å². The Morgan fingerprint density at radius 3 is 2.74 bits per heavy atom. The van der Waals surface area contributed by atoms with Crippen molar-refractivity contribution in [3.8, 4) is 0 Å². The molecule has 1 aliphatic rings. The maximum Gasteiger partial charge on any atom is 0.168 e. The third kappa shape index (κ3) is 7.09. The van der Waals surface area contributed by atoms with Gasteiger partial charge in [0, 0.05) is 33.4 Å². The van der Waals surface area contributed by atoms with Crippen LogP contribution in [0.5, 0.6) is 0 Å². The van der Waals surface area contributed by atoms with Crippen LogP contribution in [0.4, 0.5) is 0 Å². The van der Waals surface area contributed by atoms with Crippen LogP contribution in [0.15, 0.2) is 0 Å². The highest BCUT2D eigenvalue weighted by Gasteiger charge is 2.18. The summed E-state index contributed by atoms with van der Waals surface area (Å²) in [5.41, 5.74) is 0. The van der Waals surface area contributed by atoms with Crippen molar-refractivity contribution in [1.29, 1.82) is 0 Å². The number of piperidine rings is 1. The Labute approximate surface area is 123 Å². The number of hydrogen-bond donors (Lipinski definition) is 1. The van der Waals surface area contributed by atoms with Crippen molar-refractivity contribution < 1.29 is 4.74 Å². The van der Waals surface area contributed by atoms with Gasteiger partial charge in [0.2, 0.25) is 0 Å². The van der Waals surface area contributed by atoms with Gasteiger partial charge in [0.15, 0.2) is 5.11 Å². The van der Waals surface area contributed by atoms with Crippen molar-refractivity contribution in [2.75, 3.05) is 53.5 Å². The van der Waals surface area contributed by atoms with Crippen LogP contribution in [0.1, 0.15) is 26.2 Å². The zero-order chi connectivity index (χ0) is 14.1. The van der Waals surface area contributed by atoms with E-state index in [2.05, 4.69) is 29.2 Å². The van der Waals surface area contributed by atoms with Crippen molar-refractivity contribution in [1.82, 2.24) is 15.1 Å². The second kappa shape index (κ2) is 9.50. The number of ether oxygens (including phenoxy) is 1. The molecule has 1 saturated heterocycles. The van der Waals surface area contributed by atoms with Crippen LogP contribution in [0, 0.1) is 5.92 Å². The van der Waals surface area contributed by atoms with Crippen LogP contribution in [-0.4, -0.2) is 68.4 Å². The highest BCUT2D eigenvalue weighted by molar-refractivity contribution is 7.80. The summed E-state index contributed by atoms with van der Waals surface area (Å²) >= 11 is 5.41. The molecule has 0 amide bonds. The molecule has 0 aliphatic carbocycles. The van der Waals surface area contributed by atoms with E-state index in [0.717, 1.165) is 43.8 Å². The van der Waals surface area contributed by atoms with Gasteiger partial charge in [0.05, 0.1) is 0 Å². The number of nitrogens with zero attached hydrogens (tertiary/aromatic N) is 2. The Morgan fingerprint density at radius 2 is 2.11 bits per heavy atom. The second-order valence-corrected chi connectivity index (χ2v) is 5.80. The van der Waals surface area contributed by atoms with Gasteiger partial charge in [-0.1, -0.05) is 0 Å². The minimum Gasteiger partial charge on any atom is -0.382 e. The van der Waals surface area contributed by atoms with Crippen molar-refractivity contribution in [2.24, 2.45) is 5.92 Å². The standard InChI is InChI=1S/C14H29N3OS/c1-4-18-11-5-8-15-14(19)17(3)12-13-6-9-16(2)10-7-13/h13H,4-12H2,1-3H3,(H,15,19). The Balaban J connectivity index is 2.10. The lowest BCUT2D eigenvalue weighted by molar-refractivity contribution is 0.145. The van der Waals surface area contributed by atoms with Crippen LogP contribution in [-0.2, 0) is 4.74 Å². The predicted molar refractivity (Wildman–Crippen MR) is 84.6 cm³/mol. The molecule has 0 atom stereocenters. The second-order valence-electron chi connectivity index (χ2n) is 5.41. The Hall–Kier alpha value is -0.390. The van der Waals surface area contributed by atoms with Gasteiger partial charge in [-0.3, -0.25) is 0 Å². The molecule has 112 valence electrons. The van der Waals surface area contributed by atoms with E-state index >= 15 is 0 Å². The number of thiocarbonyl (C=S) groups is 1. The number of likely N-dealkylation sites (tertiary alicyclic amines) is 1. The van der Waals surface area contributed by atoms with E-state index in [-0.39, 0.29) is 0 Å². The third-order valence-electron chi connectivity index (χ3n) is 3.66. The summed E-state index contributed by atoms with van der Waals surface area (Å²) in [6, 6.07) is 0. The molecule has 0 aromatic rings. The molecule has 0 radical (unpaired) electrons. The van der Waals surface area contributed by atoms with Gasteiger partial charge in [-0.05, 0) is 64.5 Å². The van der Waals surface area contributed by atoms with Gasteiger partial charge in [-0.15, -0.1) is 0 Å². The summed E-state index contributed by atoms with van der Waals surface area (Å²) in [5.74, 6) is 0.782. The number of nitrogens with one attached hydrogen (secondary N) is 1. The first-order chi connectivity index (χ1) is 9.13. The quantitative estimate of drug-likeness (QED) is 0.567. The average molecular weight is 287 g/mol. The summed E-state index contributed by atoms with van der Waals surface area (Å²) in [7, 11) is 4.29. The lowest BCUT2D eigenvalue weighted by atomic mass is 9.97. The molecule has 1 N–H and O–H groups in total. The van der Waals surface area contributed by atoms with E-state index in [1.165, 1.54) is 25.9 Å². The molecule has 4 nitrogen and oxygen atoms in total. The molecular weight excluding hydrogens is 258 g/mol. The molecule has 5 heteroatoms. The van der Waals surface area contributed by atoms with Gasteiger partial charge in [-0.2, -0.15) is 0 Å². The molecular formula is C14H29N3OS. The molecule has 0 aromatic carbocycles. The summed E-state index contributed by atoms with van der Waals surface area (Å²) < 4.78 is 5.31. The number of hydrogen-bond acceptors (Lipinski definition) is 3. The molecule has 1 heterocycles. The SMILES string of the molecule is CCOCCCNC(=S)N(C)CC1CCN(C)CC1. The van der Waals surface area contributed by atoms with Crippen LogP contribution >= 0.6 is 12.2 Å². The van der Waals surface area contributed by atoms with Crippen molar-refractivity contribution >= 4 is 17.3 Å². The van der Waals surface area contributed by atoms with Gasteiger partial charge in [-0.25, -0.2) is 0 Å². The largest absolute Gasteiger partial charge is 0.382 e. The first kappa shape index (κ1) is 16.7. The zero-order valence-electron chi connectivity index (χ0n) is 12.7. The number of rotatable bonds is 7. The molecule has 19 heavy (non-hydrogen) atoms.